The molecule has 0 aliphatic heterocycles. The number of halogens is 1. The van der Waals surface area contributed by atoms with Crippen molar-refractivity contribution < 1.29 is 18.8 Å². The van der Waals surface area contributed by atoms with E-state index in [1.165, 1.54) is 42.6 Å². The van der Waals surface area contributed by atoms with E-state index in [0.29, 0.717) is 17.0 Å². The Kier molecular flexibility index (Phi) is 5.98. The molecule has 0 unspecified atom stereocenters. The third-order valence-corrected chi connectivity index (χ3v) is 4.00. The van der Waals surface area contributed by atoms with Crippen LogP contribution in [0.4, 0.5) is 15.8 Å². The fourth-order valence-corrected chi connectivity index (χ4v) is 2.56. The van der Waals surface area contributed by atoms with Crippen molar-refractivity contribution in [2.75, 3.05) is 12.4 Å². The highest BCUT2D eigenvalue weighted by Gasteiger charge is 2.16. The third-order valence-electron chi connectivity index (χ3n) is 4.00. The van der Waals surface area contributed by atoms with Crippen LogP contribution in [0.3, 0.4) is 0 Å². The molecule has 148 valence electrons. The van der Waals surface area contributed by atoms with Gasteiger partial charge in [-0.1, -0.05) is 12.1 Å². The maximum Gasteiger partial charge on any atom is 0.270 e. The lowest BCUT2D eigenvalue weighted by Crippen LogP contribution is -2.24. The van der Waals surface area contributed by atoms with Crippen molar-refractivity contribution in [1.29, 1.82) is 0 Å². The lowest BCUT2D eigenvalue weighted by Gasteiger charge is -2.10. The fraction of sp³-hybridized carbons (Fsp3) is 0.100. The predicted octanol–water partition coefficient (Wildman–Crippen LogP) is 3.89. The molecule has 0 spiro atoms. The van der Waals surface area contributed by atoms with E-state index in [9.17, 15) is 19.3 Å². The number of carbonyl (C=O) groups is 1. The first-order valence-corrected chi connectivity index (χ1v) is 8.59. The average molecular weight is 396 g/mol. The van der Waals surface area contributed by atoms with Crippen LogP contribution in [0.1, 0.15) is 15.9 Å². The number of pyridine rings is 1. The second kappa shape index (κ2) is 8.79. The van der Waals surface area contributed by atoms with Crippen molar-refractivity contribution in [3.05, 3.63) is 87.9 Å². The van der Waals surface area contributed by atoms with Gasteiger partial charge in [-0.15, -0.1) is 0 Å². The summed E-state index contributed by atoms with van der Waals surface area (Å²) in [5.41, 5.74) is 1.17. The molecule has 0 radical (unpaired) electrons. The Morgan fingerprint density at radius 1 is 1.21 bits per heavy atom. The van der Waals surface area contributed by atoms with E-state index in [0.717, 1.165) is 0 Å². The van der Waals surface area contributed by atoms with Crippen LogP contribution in [0.25, 0.3) is 0 Å². The predicted molar refractivity (Wildman–Crippen MR) is 105 cm³/mol. The van der Waals surface area contributed by atoms with Gasteiger partial charge in [0.05, 0.1) is 10.5 Å². The largest absolute Gasteiger partial charge is 0.439 e. The van der Waals surface area contributed by atoms with E-state index in [1.807, 2.05) is 0 Å². The van der Waals surface area contributed by atoms with E-state index < -0.39 is 16.6 Å². The van der Waals surface area contributed by atoms with E-state index >= 15 is 0 Å². The second-order valence-electron chi connectivity index (χ2n) is 5.98. The van der Waals surface area contributed by atoms with Crippen LogP contribution < -0.4 is 15.4 Å². The first kappa shape index (κ1) is 19.7. The summed E-state index contributed by atoms with van der Waals surface area (Å²) in [7, 11) is 1.62. The second-order valence-corrected chi connectivity index (χ2v) is 5.98. The molecule has 1 aromatic heterocycles. The standard InChI is InChI=1S/C20H17FN4O4/c1-22-18-7-6-15(25(27)28)10-17(18)20(26)24-12-13-5-8-19(23-11-13)29-16-4-2-3-14(21)9-16/h2-11,22H,12H2,1H3,(H,24,26). The van der Waals surface area contributed by atoms with Gasteiger partial charge < -0.3 is 15.4 Å². The molecule has 1 heterocycles. The molecule has 2 N–H and O–H groups in total. The molecule has 0 aliphatic carbocycles. The first-order chi connectivity index (χ1) is 14.0. The van der Waals surface area contributed by atoms with Crippen LogP contribution in [0.5, 0.6) is 11.6 Å². The summed E-state index contributed by atoms with van der Waals surface area (Å²) in [6.07, 6.45) is 1.52. The number of amides is 1. The quantitative estimate of drug-likeness (QED) is 0.463. The van der Waals surface area contributed by atoms with Crippen molar-refractivity contribution >= 4 is 17.3 Å². The van der Waals surface area contributed by atoms with Gasteiger partial charge in [0.2, 0.25) is 5.88 Å². The number of hydrogen-bond acceptors (Lipinski definition) is 6. The van der Waals surface area contributed by atoms with Crippen molar-refractivity contribution in [3.63, 3.8) is 0 Å². The smallest absolute Gasteiger partial charge is 0.270 e. The average Bonchev–Trinajstić information content (AvgIpc) is 2.72. The number of anilines is 1. The molecular weight excluding hydrogens is 379 g/mol. The maximum absolute atomic E-state index is 13.2. The van der Waals surface area contributed by atoms with Crippen molar-refractivity contribution in [1.82, 2.24) is 10.3 Å². The number of nitrogens with one attached hydrogen (secondary N) is 2. The molecule has 3 rings (SSSR count). The van der Waals surface area contributed by atoms with E-state index in [4.69, 9.17) is 4.74 Å². The molecule has 0 saturated heterocycles. The molecular formula is C20H17FN4O4. The van der Waals surface area contributed by atoms with E-state index in [1.54, 1.807) is 25.2 Å². The van der Waals surface area contributed by atoms with Crippen LogP contribution in [0, 0.1) is 15.9 Å². The van der Waals surface area contributed by atoms with Gasteiger partial charge in [0, 0.05) is 49.7 Å². The summed E-state index contributed by atoms with van der Waals surface area (Å²) >= 11 is 0. The maximum atomic E-state index is 13.2. The Hall–Kier alpha value is -4.01. The first-order valence-electron chi connectivity index (χ1n) is 8.59. The summed E-state index contributed by atoms with van der Waals surface area (Å²) in [5.74, 6) is -0.271. The van der Waals surface area contributed by atoms with Gasteiger partial charge in [0.25, 0.3) is 11.6 Å². The van der Waals surface area contributed by atoms with Crippen molar-refractivity contribution in [2.45, 2.75) is 6.54 Å². The molecule has 3 aromatic rings. The van der Waals surface area contributed by atoms with Gasteiger partial charge in [-0.3, -0.25) is 14.9 Å². The summed E-state index contributed by atoms with van der Waals surface area (Å²) in [6.45, 7) is 0.165. The van der Waals surface area contributed by atoms with E-state index in [2.05, 4.69) is 15.6 Å². The van der Waals surface area contributed by atoms with Gasteiger partial charge in [0.1, 0.15) is 11.6 Å². The van der Waals surface area contributed by atoms with Crippen LogP contribution in [0.15, 0.2) is 60.8 Å². The number of carbonyl (C=O) groups excluding carboxylic acids is 1. The van der Waals surface area contributed by atoms with Crippen LogP contribution in [-0.4, -0.2) is 22.9 Å². The number of rotatable bonds is 7. The minimum Gasteiger partial charge on any atom is -0.439 e. The molecule has 8 nitrogen and oxygen atoms in total. The molecule has 9 heteroatoms. The highest BCUT2D eigenvalue weighted by molar-refractivity contribution is 6.00. The number of nitrogens with zero attached hydrogens (tertiary/aromatic N) is 2. The molecule has 2 aromatic carbocycles. The highest BCUT2D eigenvalue weighted by Crippen LogP contribution is 2.22. The molecule has 29 heavy (non-hydrogen) atoms. The molecule has 0 saturated carbocycles. The number of benzene rings is 2. The van der Waals surface area contributed by atoms with E-state index in [-0.39, 0.29) is 23.7 Å². The number of hydrogen-bond donors (Lipinski definition) is 2. The van der Waals surface area contributed by atoms with Gasteiger partial charge in [0.15, 0.2) is 0 Å². The number of ether oxygens (including phenoxy) is 1. The number of nitro benzene ring substituents is 1. The highest BCUT2D eigenvalue weighted by atomic mass is 19.1. The number of aromatic nitrogens is 1. The Morgan fingerprint density at radius 3 is 2.69 bits per heavy atom. The third kappa shape index (κ3) is 5.04. The summed E-state index contributed by atoms with van der Waals surface area (Å²) < 4.78 is 18.7. The summed E-state index contributed by atoms with van der Waals surface area (Å²) in [5, 5.41) is 16.5. The van der Waals surface area contributed by atoms with Crippen LogP contribution in [-0.2, 0) is 6.54 Å². The summed E-state index contributed by atoms with van der Waals surface area (Å²) in [4.78, 5) is 27.0. The zero-order valence-electron chi connectivity index (χ0n) is 15.4. The Bertz CT molecular complexity index is 1040. The monoisotopic (exact) mass is 396 g/mol. The van der Waals surface area contributed by atoms with Gasteiger partial charge in [-0.25, -0.2) is 9.37 Å². The normalized spacial score (nSPS) is 10.3. The SMILES string of the molecule is CNc1ccc([N+](=O)[O-])cc1C(=O)NCc1ccc(Oc2cccc(F)c2)nc1. The Morgan fingerprint density at radius 2 is 2.03 bits per heavy atom. The van der Waals surface area contributed by atoms with Gasteiger partial charge >= 0.3 is 0 Å². The molecule has 0 atom stereocenters. The number of non-ortho nitro benzene ring substituents is 1. The molecule has 0 fully saturated rings. The Balaban J connectivity index is 1.65. The van der Waals surface area contributed by atoms with Gasteiger partial charge in [-0.05, 0) is 23.8 Å². The lowest BCUT2D eigenvalue weighted by atomic mass is 10.1. The minimum atomic E-state index is -0.558. The van der Waals surface area contributed by atoms with Crippen LogP contribution in [0.2, 0.25) is 0 Å². The van der Waals surface area contributed by atoms with Crippen molar-refractivity contribution in [2.24, 2.45) is 0 Å². The number of nitro groups is 1. The molecule has 0 aliphatic rings. The Labute approximate surface area is 165 Å². The van der Waals surface area contributed by atoms with Crippen molar-refractivity contribution in [3.8, 4) is 11.6 Å². The zero-order chi connectivity index (χ0) is 20.8. The fourth-order valence-electron chi connectivity index (χ4n) is 2.56. The lowest BCUT2D eigenvalue weighted by molar-refractivity contribution is -0.384. The minimum absolute atomic E-state index is 0.165. The molecule has 1 amide bonds. The zero-order valence-corrected chi connectivity index (χ0v) is 15.4. The van der Waals surface area contributed by atoms with Crippen LogP contribution >= 0.6 is 0 Å². The topological polar surface area (TPSA) is 106 Å². The van der Waals surface area contributed by atoms with Gasteiger partial charge in [-0.2, -0.15) is 0 Å². The molecule has 0 bridgehead atoms. The summed E-state index contributed by atoms with van der Waals surface area (Å²) in [6, 6.07) is 13.0.